The SMILES string of the molecule is O=c1c(Br)cc2cnc(Nc3ccc(N4CCCCC4)cn3)nc2n1C1CCCC1. The third-order valence-electron chi connectivity index (χ3n) is 6.13. The van der Waals surface area contributed by atoms with Crippen LogP contribution in [0.3, 0.4) is 0 Å². The van der Waals surface area contributed by atoms with E-state index in [2.05, 4.69) is 42.2 Å². The standard InChI is InChI=1S/C22H25BrN6O/c23-18-12-15-13-25-22(27-20(15)29(21(18)30)16-6-2-3-7-16)26-19-9-8-17(14-24-19)28-10-4-1-5-11-28/h8-9,12-14,16H,1-7,10-11H2,(H,24,25,26,27). The highest BCUT2D eigenvalue weighted by Gasteiger charge is 2.22. The molecule has 30 heavy (non-hydrogen) atoms. The number of fused-ring (bicyclic) bond motifs is 1. The molecule has 0 amide bonds. The molecule has 156 valence electrons. The van der Waals surface area contributed by atoms with Crippen LogP contribution in [0.2, 0.25) is 0 Å². The second kappa shape index (κ2) is 8.34. The topological polar surface area (TPSA) is 75.9 Å². The van der Waals surface area contributed by atoms with Crippen molar-refractivity contribution in [3.05, 3.63) is 45.4 Å². The molecule has 1 aliphatic heterocycles. The van der Waals surface area contributed by atoms with Gasteiger partial charge in [-0.3, -0.25) is 9.36 Å². The lowest BCUT2D eigenvalue weighted by molar-refractivity contribution is 0.514. The number of rotatable bonds is 4. The zero-order valence-corrected chi connectivity index (χ0v) is 18.4. The van der Waals surface area contributed by atoms with Gasteiger partial charge in [-0.1, -0.05) is 12.8 Å². The summed E-state index contributed by atoms with van der Waals surface area (Å²) in [5.74, 6) is 1.15. The Labute approximate surface area is 183 Å². The van der Waals surface area contributed by atoms with Gasteiger partial charge in [-0.2, -0.15) is 4.98 Å². The fraction of sp³-hybridized carbons (Fsp3) is 0.455. The quantitative estimate of drug-likeness (QED) is 0.592. The number of halogens is 1. The summed E-state index contributed by atoms with van der Waals surface area (Å²) in [6.07, 6.45) is 11.8. The van der Waals surface area contributed by atoms with Crippen molar-refractivity contribution in [1.29, 1.82) is 0 Å². The monoisotopic (exact) mass is 468 g/mol. The molecule has 0 spiro atoms. The number of piperidine rings is 1. The van der Waals surface area contributed by atoms with E-state index in [1.807, 2.05) is 16.8 Å². The highest BCUT2D eigenvalue weighted by Crippen LogP contribution is 2.31. The van der Waals surface area contributed by atoms with Crippen LogP contribution in [-0.2, 0) is 0 Å². The van der Waals surface area contributed by atoms with Crippen molar-refractivity contribution in [3.8, 4) is 0 Å². The van der Waals surface area contributed by atoms with E-state index in [0.29, 0.717) is 21.9 Å². The number of nitrogens with one attached hydrogen (secondary N) is 1. The summed E-state index contributed by atoms with van der Waals surface area (Å²) in [5, 5.41) is 4.05. The minimum absolute atomic E-state index is 0.0249. The Kier molecular flexibility index (Phi) is 5.41. The second-order valence-electron chi connectivity index (χ2n) is 8.15. The van der Waals surface area contributed by atoms with Gasteiger partial charge >= 0.3 is 0 Å². The Morgan fingerprint density at radius 2 is 1.80 bits per heavy atom. The first kappa shape index (κ1) is 19.5. The summed E-state index contributed by atoms with van der Waals surface area (Å²) >= 11 is 3.41. The molecule has 5 rings (SSSR count). The third kappa shape index (κ3) is 3.80. The van der Waals surface area contributed by atoms with Crippen molar-refractivity contribution in [1.82, 2.24) is 19.5 Å². The number of pyridine rings is 2. The number of hydrogen-bond donors (Lipinski definition) is 1. The van der Waals surface area contributed by atoms with Crippen LogP contribution >= 0.6 is 15.9 Å². The van der Waals surface area contributed by atoms with Crippen molar-refractivity contribution in [3.63, 3.8) is 0 Å². The zero-order valence-electron chi connectivity index (χ0n) is 16.9. The van der Waals surface area contributed by atoms with E-state index < -0.39 is 0 Å². The van der Waals surface area contributed by atoms with E-state index >= 15 is 0 Å². The average molecular weight is 469 g/mol. The average Bonchev–Trinajstić information content (AvgIpc) is 3.30. The van der Waals surface area contributed by atoms with Gasteiger partial charge in [0, 0.05) is 30.7 Å². The van der Waals surface area contributed by atoms with Crippen LogP contribution in [0.1, 0.15) is 51.0 Å². The smallest absolute Gasteiger partial charge is 0.266 e. The molecular weight excluding hydrogens is 444 g/mol. The van der Waals surface area contributed by atoms with Gasteiger partial charge in [0.25, 0.3) is 5.56 Å². The van der Waals surface area contributed by atoms with Crippen molar-refractivity contribution in [2.45, 2.75) is 51.0 Å². The van der Waals surface area contributed by atoms with E-state index in [0.717, 1.165) is 49.8 Å². The van der Waals surface area contributed by atoms with Crippen LogP contribution in [0, 0.1) is 0 Å². The maximum absolute atomic E-state index is 12.8. The lowest BCUT2D eigenvalue weighted by Gasteiger charge is -2.28. The number of hydrogen-bond acceptors (Lipinski definition) is 6. The summed E-state index contributed by atoms with van der Waals surface area (Å²) in [6.45, 7) is 2.19. The zero-order chi connectivity index (χ0) is 20.5. The number of anilines is 3. The molecule has 8 heteroatoms. The van der Waals surface area contributed by atoms with Crippen LogP contribution < -0.4 is 15.8 Å². The molecule has 0 atom stereocenters. The first-order valence-electron chi connectivity index (χ1n) is 10.7. The fourth-order valence-corrected chi connectivity index (χ4v) is 5.00. The molecule has 3 aromatic rings. The van der Waals surface area contributed by atoms with E-state index in [-0.39, 0.29) is 11.6 Å². The first-order chi connectivity index (χ1) is 14.7. The minimum atomic E-state index is -0.0249. The van der Waals surface area contributed by atoms with Crippen LogP contribution in [0.5, 0.6) is 0 Å². The Hall–Kier alpha value is -2.48. The van der Waals surface area contributed by atoms with Gasteiger partial charge in [0.2, 0.25) is 5.95 Å². The van der Waals surface area contributed by atoms with E-state index in [1.165, 1.54) is 19.3 Å². The highest BCUT2D eigenvalue weighted by molar-refractivity contribution is 9.10. The van der Waals surface area contributed by atoms with Gasteiger partial charge in [0.05, 0.1) is 16.4 Å². The van der Waals surface area contributed by atoms with Crippen LogP contribution in [0.25, 0.3) is 11.0 Å². The lowest BCUT2D eigenvalue weighted by Crippen LogP contribution is -2.29. The molecule has 4 heterocycles. The van der Waals surface area contributed by atoms with Crippen LogP contribution in [0.4, 0.5) is 17.5 Å². The van der Waals surface area contributed by atoms with Crippen molar-refractivity contribution < 1.29 is 0 Å². The van der Waals surface area contributed by atoms with Crippen molar-refractivity contribution in [2.75, 3.05) is 23.3 Å². The third-order valence-corrected chi connectivity index (χ3v) is 6.70. The van der Waals surface area contributed by atoms with Crippen molar-refractivity contribution in [2.24, 2.45) is 0 Å². The summed E-state index contributed by atoms with van der Waals surface area (Å²) in [6, 6.07) is 6.05. The second-order valence-corrected chi connectivity index (χ2v) is 9.01. The maximum atomic E-state index is 12.8. The van der Waals surface area contributed by atoms with Gasteiger partial charge in [0.15, 0.2) is 0 Å². The maximum Gasteiger partial charge on any atom is 0.266 e. The molecule has 1 aliphatic carbocycles. The number of nitrogens with zero attached hydrogens (tertiary/aromatic N) is 5. The summed E-state index contributed by atoms with van der Waals surface area (Å²) in [4.78, 5) is 28.9. The van der Waals surface area contributed by atoms with Gasteiger partial charge in [-0.25, -0.2) is 9.97 Å². The Bertz CT molecular complexity index is 1100. The first-order valence-corrected chi connectivity index (χ1v) is 11.5. The summed E-state index contributed by atoms with van der Waals surface area (Å²) in [5.41, 5.74) is 1.81. The van der Waals surface area contributed by atoms with Gasteiger partial charge in [-0.05, 0) is 66.2 Å². The molecule has 2 aliphatic rings. The molecule has 7 nitrogen and oxygen atoms in total. The molecule has 3 aromatic heterocycles. The molecule has 1 saturated carbocycles. The largest absolute Gasteiger partial charge is 0.370 e. The van der Waals surface area contributed by atoms with Crippen molar-refractivity contribution >= 4 is 44.4 Å². The summed E-state index contributed by atoms with van der Waals surface area (Å²) < 4.78 is 2.40. The van der Waals surface area contributed by atoms with E-state index in [1.54, 1.807) is 12.3 Å². The van der Waals surface area contributed by atoms with Gasteiger partial charge < -0.3 is 10.2 Å². The Morgan fingerprint density at radius 1 is 1.00 bits per heavy atom. The molecule has 0 unspecified atom stereocenters. The molecule has 2 fully saturated rings. The molecule has 0 bridgehead atoms. The van der Waals surface area contributed by atoms with Crippen LogP contribution in [0.15, 0.2) is 39.9 Å². The Balaban J connectivity index is 1.44. The van der Waals surface area contributed by atoms with Gasteiger partial charge in [0.1, 0.15) is 11.5 Å². The highest BCUT2D eigenvalue weighted by atomic mass is 79.9. The predicted molar refractivity (Wildman–Crippen MR) is 123 cm³/mol. The Morgan fingerprint density at radius 3 is 2.53 bits per heavy atom. The minimum Gasteiger partial charge on any atom is -0.370 e. The fourth-order valence-electron chi connectivity index (χ4n) is 4.56. The molecule has 0 radical (unpaired) electrons. The van der Waals surface area contributed by atoms with E-state index in [9.17, 15) is 4.79 Å². The molecule has 0 aromatic carbocycles. The normalized spacial score (nSPS) is 17.6. The van der Waals surface area contributed by atoms with Crippen LogP contribution in [-0.4, -0.2) is 32.6 Å². The predicted octanol–water partition coefficient (Wildman–Crippen LogP) is 4.80. The lowest BCUT2D eigenvalue weighted by atomic mass is 10.1. The summed E-state index contributed by atoms with van der Waals surface area (Å²) in [7, 11) is 0. The van der Waals surface area contributed by atoms with E-state index in [4.69, 9.17) is 4.98 Å². The molecule has 1 N–H and O–H groups in total. The molecule has 1 saturated heterocycles. The number of aromatic nitrogens is 4. The van der Waals surface area contributed by atoms with Gasteiger partial charge in [-0.15, -0.1) is 0 Å². The molecular formula is C22H25BrN6O.